The standard InChI is InChI=1S/C9H15N5O3/c1-2-3-6(15)4-11-9-12-5-7(14(16)17)8(10)13-9/h5-6,15H,2-4H2,1H3,(H3,10,11,12,13). The Bertz CT molecular complexity index is 398. The number of nitrogen functional groups attached to an aromatic ring is 1. The van der Waals surface area contributed by atoms with E-state index in [2.05, 4.69) is 15.3 Å². The maximum atomic E-state index is 10.5. The van der Waals surface area contributed by atoms with Crippen LogP contribution >= 0.6 is 0 Å². The van der Waals surface area contributed by atoms with E-state index in [4.69, 9.17) is 5.73 Å². The number of aliphatic hydroxyl groups excluding tert-OH is 1. The van der Waals surface area contributed by atoms with Gasteiger partial charge in [0.15, 0.2) is 0 Å². The maximum absolute atomic E-state index is 10.5. The summed E-state index contributed by atoms with van der Waals surface area (Å²) < 4.78 is 0. The third-order valence-electron chi connectivity index (χ3n) is 2.11. The van der Waals surface area contributed by atoms with Gasteiger partial charge in [0.2, 0.25) is 11.8 Å². The van der Waals surface area contributed by atoms with Crippen LogP contribution < -0.4 is 11.1 Å². The molecule has 0 saturated carbocycles. The zero-order valence-corrected chi connectivity index (χ0v) is 9.46. The Hall–Kier alpha value is -1.96. The number of hydrogen-bond donors (Lipinski definition) is 3. The minimum absolute atomic E-state index is 0.170. The first-order chi connectivity index (χ1) is 8.04. The minimum Gasteiger partial charge on any atom is -0.391 e. The Labute approximate surface area is 98.0 Å². The summed E-state index contributed by atoms with van der Waals surface area (Å²) in [6.07, 6.45) is 2.07. The summed E-state index contributed by atoms with van der Waals surface area (Å²) in [5.41, 5.74) is 5.06. The molecule has 0 aliphatic rings. The molecular formula is C9H15N5O3. The van der Waals surface area contributed by atoms with Crippen LogP contribution in [-0.2, 0) is 0 Å². The third kappa shape index (κ3) is 3.83. The molecule has 8 nitrogen and oxygen atoms in total. The smallest absolute Gasteiger partial charge is 0.329 e. The lowest BCUT2D eigenvalue weighted by Gasteiger charge is -2.10. The molecule has 17 heavy (non-hydrogen) atoms. The highest BCUT2D eigenvalue weighted by atomic mass is 16.6. The highest BCUT2D eigenvalue weighted by Gasteiger charge is 2.14. The summed E-state index contributed by atoms with van der Waals surface area (Å²) in [4.78, 5) is 17.3. The summed E-state index contributed by atoms with van der Waals surface area (Å²) in [5.74, 6) is -0.0271. The molecule has 1 aromatic rings. The first kappa shape index (κ1) is 13.1. The molecule has 0 fully saturated rings. The van der Waals surface area contributed by atoms with Crippen LogP contribution in [0.25, 0.3) is 0 Å². The maximum Gasteiger partial charge on any atom is 0.329 e. The van der Waals surface area contributed by atoms with Gasteiger partial charge in [-0.2, -0.15) is 4.98 Å². The van der Waals surface area contributed by atoms with Crippen LogP contribution in [0.1, 0.15) is 19.8 Å². The molecule has 1 aromatic heterocycles. The summed E-state index contributed by atoms with van der Waals surface area (Å²) in [6, 6.07) is 0. The highest BCUT2D eigenvalue weighted by Crippen LogP contribution is 2.18. The quantitative estimate of drug-likeness (QED) is 0.489. The van der Waals surface area contributed by atoms with Gasteiger partial charge in [0.25, 0.3) is 0 Å². The number of hydrogen-bond acceptors (Lipinski definition) is 7. The Balaban J connectivity index is 2.62. The monoisotopic (exact) mass is 241 g/mol. The van der Waals surface area contributed by atoms with E-state index in [9.17, 15) is 15.2 Å². The van der Waals surface area contributed by atoms with Gasteiger partial charge in [-0.05, 0) is 6.42 Å². The number of aromatic nitrogens is 2. The van der Waals surface area contributed by atoms with Crippen molar-refractivity contribution in [2.24, 2.45) is 0 Å². The fraction of sp³-hybridized carbons (Fsp3) is 0.556. The van der Waals surface area contributed by atoms with E-state index in [1.807, 2.05) is 6.92 Å². The molecule has 0 bridgehead atoms. The lowest BCUT2D eigenvalue weighted by molar-refractivity contribution is -0.384. The van der Waals surface area contributed by atoms with Crippen LogP contribution in [0.3, 0.4) is 0 Å². The van der Waals surface area contributed by atoms with Crippen LogP contribution in [-0.4, -0.2) is 32.6 Å². The number of nitrogens with two attached hydrogens (primary N) is 1. The number of nitrogens with one attached hydrogen (secondary N) is 1. The second-order valence-electron chi connectivity index (χ2n) is 3.54. The Morgan fingerprint density at radius 3 is 2.94 bits per heavy atom. The fourth-order valence-corrected chi connectivity index (χ4v) is 1.26. The lowest BCUT2D eigenvalue weighted by atomic mass is 10.2. The number of rotatable bonds is 6. The van der Waals surface area contributed by atoms with E-state index < -0.39 is 11.0 Å². The lowest BCUT2D eigenvalue weighted by Crippen LogP contribution is -2.20. The van der Waals surface area contributed by atoms with E-state index in [0.29, 0.717) is 6.42 Å². The fourth-order valence-electron chi connectivity index (χ4n) is 1.26. The summed E-state index contributed by atoms with van der Waals surface area (Å²) >= 11 is 0. The van der Waals surface area contributed by atoms with Gasteiger partial charge in [-0.3, -0.25) is 10.1 Å². The van der Waals surface area contributed by atoms with Crippen molar-refractivity contribution in [1.29, 1.82) is 0 Å². The van der Waals surface area contributed by atoms with Gasteiger partial charge in [-0.1, -0.05) is 13.3 Å². The summed E-state index contributed by atoms with van der Waals surface area (Å²) in [7, 11) is 0. The molecule has 1 rings (SSSR count). The highest BCUT2D eigenvalue weighted by molar-refractivity contribution is 5.53. The number of aliphatic hydroxyl groups is 1. The molecule has 0 aliphatic heterocycles. The van der Waals surface area contributed by atoms with Gasteiger partial charge in [0.1, 0.15) is 6.20 Å². The van der Waals surface area contributed by atoms with Crippen molar-refractivity contribution in [1.82, 2.24) is 9.97 Å². The van der Waals surface area contributed by atoms with E-state index in [1.54, 1.807) is 0 Å². The Morgan fingerprint density at radius 2 is 2.41 bits per heavy atom. The molecule has 1 heterocycles. The molecule has 0 saturated heterocycles. The molecular weight excluding hydrogens is 226 g/mol. The second kappa shape index (κ2) is 5.94. The average Bonchev–Trinajstić information content (AvgIpc) is 2.26. The molecule has 8 heteroatoms. The molecule has 1 atom stereocenters. The van der Waals surface area contributed by atoms with Crippen molar-refractivity contribution in [3.8, 4) is 0 Å². The predicted octanol–water partition coefficient (Wildman–Crippen LogP) is 0.540. The number of anilines is 2. The van der Waals surface area contributed by atoms with E-state index in [1.165, 1.54) is 0 Å². The Morgan fingerprint density at radius 1 is 1.71 bits per heavy atom. The summed E-state index contributed by atoms with van der Waals surface area (Å²) in [5, 5.41) is 22.7. The van der Waals surface area contributed by atoms with Crippen molar-refractivity contribution in [2.75, 3.05) is 17.6 Å². The third-order valence-corrected chi connectivity index (χ3v) is 2.11. The van der Waals surface area contributed by atoms with E-state index in [0.717, 1.165) is 12.6 Å². The van der Waals surface area contributed by atoms with Gasteiger partial charge in [0.05, 0.1) is 11.0 Å². The van der Waals surface area contributed by atoms with E-state index in [-0.39, 0.29) is 24.0 Å². The molecule has 0 aliphatic carbocycles. The predicted molar refractivity (Wildman–Crippen MR) is 62.5 cm³/mol. The van der Waals surface area contributed by atoms with Crippen LogP contribution in [0.2, 0.25) is 0 Å². The minimum atomic E-state index is -0.648. The van der Waals surface area contributed by atoms with Gasteiger partial charge in [0, 0.05) is 6.54 Å². The summed E-state index contributed by atoms with van der Waals surface area (Å²) in [6.45, 7) is 2.24. The van der Waals surface area contributed by atoms with Crippen LogP contribution in [0.15, 0.2) is 6.20 Å². The van der Waals surface area contributed by atoms with Gasteiger partial charge >= 0.3 is 5.69 Å². The first-order valence-corrected chi connectivity index (χ1v) is 5.23. The van der Waals surface area contributed by atoms with E-state index >= 15 is 0 Å². The van der Waals surface area contributed by atoms with Crippen molar-refractivity contribution in [3.05, 3.63) is 16.3 Å². The normalized spacial score (nSPS) is 12.1. The largest absolute Gasteiger partial charge is 0.391 e. The Kier molecular flexibility index (Phi) is 4.58. The molecule has 0 spiro atoms. The average molecular weight is 241 g/mol. The van der Waals surface area contributed by atoms with Crippen molar-refractivity contribution >= 4 is 17.5 Å². The van der Waals surface area contributed by atoms with Crippen LogP contribution in [0.4, 0.5) is 17.5 Å². The van der Waals surface area contributed by atoms with Crippen molar-refractivity contribution in [3.63, 3.8) is 0 Å². The van der Waals surface area contributed by atoms with Crippen molar-refractivity contribution < 1.29 is 10.0 Å². The van der Waals surface area contributed by atoms with Gasteiger partial charge in [-0.25, -0.2) is 4.98 Å². The second-order valence-corrected chi connectivity index (χ2v) is 3.54. The molecule has 0 aromatic carbocycles. The molecule has 94 valence electrons. The van der Waals surface area contributed by atoms with Gasteiger partial charge < -0.3 is 16.2 Å². The first-order valence-electron chi connectivity index (χ1n) is 5.23. The molecule has 0 radical (unpaired) electrons. The molecule has 4 N–H and O–H groups in total. The molecule has 1 unspecified atom stereocenters. The zero-order valence-electron chi connectivity index (χ0n) is 9.46. The zero-order chi connectivity index (χ0) is 12.8. The SMILES string of the molecule is CCCC(O)CNc1ncc([N+](=O)[O-])c(N)n1. The van der Waals surface area contributed by atoms with Crippen molar-refractivity contribution in [2.45, 2.75) is 25.9 Å². The van der Waals surface area contributed by atoms with Gasteiger partial charge in [-0.15, -0.1) is 0 Å². The van der Waals surface area contributed by atoms with Crippen LogP contribution in [0, 0.1) is 10.1 Å². The molecule has 0 amide bonds. The number of nitrogens with zero attached hydrogens (tertiary/aromatic N) is 3. The number of nitro groups is 1. The topological polar surface area (TPSA) is 127 Å². The van der Waals surface area contributed by atoms with Crippen LogP contribution in [0.5, 0.6) is 0 Å².